The van der Waals surface area contributed by atoms with Crippen molar-refractivity contribution in [3.63, 3.8) is 0 Å². The highest BCUT2D eigenvalue weighted by molar-refractivity contribution is 7.92. The third kappa shape index (κ3) is 5.79. The number of nitrogens with zero attached hydrogens (tertiary/aromatic N) is 3. The van der Waals surface area contributed by atoms with Crippen molar-refractivity contribution < 1.29 is 22.7 Å². The number of anilines is 2. The van der Waals surface area contributed by atoms with Crippen molar-refractivity contribution in [1.82, 2.24) is 25.5 Å². The smallest absolute Gasteiger partial charge is 0.404 e. The first-order valence-electron chi connectivity index (χ1n) is 8.69. The van der Waals surface area contributed by atoms with Crippen molar-refractivity contribution in [2.24, 2.45) is 0 Å². The number of hydrogen-bond donors (Lipinski definition) is 5. The van der Waals surface area contributed by atoms with E-state index in [0.29, 0.717) is 11.3 Å². The summed E-state index contributed by atoms with van der Waals surface area (Å²) in [5, 5.41) is 20.5. The van der Waals surface area contributed by atoms with E-state index in [0.717, 1.165) is 12.3 Å². The number of aromatic nitrogens is 4. The lowest BCUT2D eigenvalue weighted by Crippen LogP contribution is -2.27. The molecule has 5 N–H and O–H groups in total. The van der Waals surface area contributed by atoms with Crippen LogP contribution in [0.25, 0.3) is 22.5 Å². The van der Waals surface area contributed by atoms with Crippen LogP contribution in [0.15, 0.2) is 30.6 Å². The Bertz CT molecular complexity index is 1220. The molecule has 0 aliphatic rings. The first-order chi connectivity index (χ1) is 14.6. The SMILES string of the molecule is CS(=O)(=O)Nc1cc(Cl)cc(-c2n[nH]cc2-c2ccnc(NCCNC(=O)O)n2)c1F. The van der Waals surface area contributed by atoms with E-state index in [1.807, 2.05) is 0 Å². The van der Waals surface area contributed by atoms with Gasteiger partial charge in [0.25, 0.3) is 0 Å². The van der Waals surface area contributed by atoms with Crippen molar-refractivity contribution >= 4 is 39.4 Å². The molecule has 1 amide bonds. The maximum Gasteiger partial charge on any atom is 0.404 e. The summed E-state index contributed by atoms with van der Waals surface area (Å²) in [6.07, 6.45) is 2.72. The van der Waals surface area contributed by atoms with Gasteiger partial charge in [0.05, 0.1) is 17.6 Å². The summed E-state index contributed by atoms with van der Waals surface area (Å²) >= 11 is 6.06. The number of rotatable bonds is 8. The Balaban J connectivity index is 1.93. The summed E-state index contributed by atoms with van der Waals surface area (Å²) in [4.78, 5) is 18.9. The summed E-state index contributed by atoms with van der Waals surface area (Å²) in [7, 11) is -3.73. The average molecular weight is 470 g/mol. The molecular weight excluding hydrogens is 453 g/mol. The number of carboxylic acid groups (broad SMARTS) is 1. The predicted octanol–water partition coefficient (Wildman–Crippen LogP) is 2.38. The lowest BCUT2D eigenvalue weighted by Gasteiger charge is -2.11. The Morgan fingerprint density at radius 3 is 2.77 bits per heavy atom. The number of hydrogen-bond acceptors (Lipinski definition) is 7. The quantitative estimate of drug-likeness (QED) is 0.314. The van der Waals surface area contributed by atoms with Gasteiger partial charge in [-0.25, -0.2) is 27.6 Å². The van der Waals surface area contributed by atoms with Gasteiger partial charge in [-0.15, -0.1) is 0 Å². The Morgan fingerprint density at radius 2 is 2.06 bits per heavy atom. The van der Waals surface area contributed by atoms with Crippen LogP contribution in [0.2, 0.25) is 5.02 Å². The van der Waals surface area contributed by atoms with Crippen molar-refractivity contribution in [1.29, 1.82) is 0 Å². The minimum atomic E-state index is -3.73. The zero-order chi connectivity index (χ0) is 22.6. The van der Waals surface area contributed by atoms with Crippen LogP contribution in [0.1, 0.15) is 0 Å². The van der Waals surface area contributed by atoms with E-state index in [4.69, 9.17) is 16.7 Å². The molecule has 0 aliphatic carbocycles. The van der Waals surface area contributed by atoms with Gasteiger partial charge in [-0.05, 0) is 18.2 Å². The van der Waals surface area contributed by atoms with Crippen LogP contribution < -0.4 is 15.4 Å². The molecule has 14 heteroatoms. The molecule has 0 radical (unpaired) electrons. The van der Waals surface area contributed by atoms with E-state index in [9.17, 15) is 13.2 Å². The lowest BCUT2D eigenvalue weighted by atomic mass is 10.0. The van der Waals surface area contributed by atoms with Gasteiger partial charge < -0.3 is 15.7 Å². The second-order valence-electron chi connectivity index (χ2n) is 6.26. The molecule has 164 valence electrons. The third-order valence-electron chi connectivity index (χ3n) is 3.84. The van der Waals surface area contributed by atoms with Crippen LogP contribution in [0.5, 0.6) is 0 Å². The highest BCUT2D eigenvalue weighted by Gasteiger charge is 2.20. The third-order valence-corrected chi connectivity index (χ3v) is 4.65. The maximum absolute atomic E-state index is 15.1. The normalized spacial score (nSPS) is 11.2. The molecule has 3 rings (SSSR count). The molecule has 0 fully saturated rings. The van der Waals surface area contributed by atoms with Crippen LogP contribution in [-0.2, 0) is 10.0 Å². The molecular formula is C17H17ClFN7O4S. The summed E-state index contributed by atoms with van der Waals surface area (Å²) in [6.45, 7) is 0.390. The Hall–Kier alpha value is -3.45. The van der Waals surface area contributed by atoms with Gasteiger partial charge in [0.2, 0.25) is 16.0 Å². The number of nitrogens with one attached hydrogen (secondary N) is 4. The van der Waals surface area contributed by atoms with E-state index in [1.54, 1.807) is 6.07 Å². The number of H-pyrrole nitrogens is 1. The van der Waals surface area contributed by atoms with Crippen molar-refractivity contribution in [3.8, 4) is 22.5 Å². The summed E-state index contributed by atoms with van der Waals surface area (Å²) in [6, 6.07) is 4.06. The van der Waals surface area contributed by atoms with Gasteiger partial charge in [-0.2, -0.15) is 5.10 Å². The largest absolute Gasteiger partial charge is 0.465 e. The van der Waals surface area contributed by atoms with Gasteiger partial charge in [0.15, 0.2) is 5.82 Å². The summed E-state index contributed by atoms with van der Waals surface area (Å²) < 4.78 is 40.2. The highest BCUT2D eigenvalue weighted by Crippen LogP contribution is 2.36. The van der Waals surface area contributed by atoms with E-state index in [-0.39, 0.29) is 41.0 Å². The molecule has 0 bridgehead atoms. The van der Waals surface area contributed by atoms with Crippen LogP contribution in [-0.4, -0.2) is 59.1 Å². The summed E-state index contributed by atoms with van der Waals surface area (Å²) in [5.41, 5.74) is 0.627. The van der Waals surface area contributed by atoms with E-state index in [2.05, 4.69) is 35.5 Å². The van der Waals surface area contributed by atoms with Gasteiger partial charge in [-0.3, -0.25) is 9.82 Å². The molecule has 0 atom stereocenters. The second-order valence-corrected chi connectivity index (χ2v) is 8.45. The lowest BCUT2D eigenvalue weighted by molar-refractivity contribution is 0.195. The number of benzene rings is 1. The highest BCUT2D eigenvalue weighted by atomic mass is 35.5. The number of aromatic amines is 1. The molecule has 0 saturated carbocycles. The van der Waals surface area contributed by atoms with Crippen LogP contribution in [0.3, 0.4) is 0 Å². The van der Waals surface area contributed by atoms with Crippen molar-refractivity contribution in [3.05, 3.63) is 41.4 Å². The van der Waals surface area contributed by atoms with Crippen LogP contribution >= 0.6 is 11.6 Å². The first kappa shape index (κ1) is 22.2. The number of halogens is 2. The monoisotopic (exact) mass is 469 g/mol. The zero-order valence-electron chi connectivity index (χ0n) is 16.0. The van der Waals surface area contributed by atoms with Gasteiger partial charge in [-0.1, -0.05) is 11.6 Å². The topological polar surface area (TPSA) is 162 Å². The molecule has 11 nitrogen and oxygen atoms in total. The van der Waals surface area contributed by atoms with E-state index < -0.39 is 21.9 Å². The van der Waals surface area contributed by atoms with Crippen molar-refractivity contribution in [2.45, 2.75) is 0 Å². The van der Waals surface area contributed by atoms with Gasteiger partial charge in [0.1, 0.15) is 5.69 Å². The fraction of sp³-hybridized carbons (Fsp3) is 0.176. The fourth-order valence-electron chi connectivity index (χ4n) is 2.66. The van der Waals surface area contributed by atoms with Crippen LogP contribution in [0, 0.1) is 5.82 Å². The average Bonchev–Trinajstić information content (AvgIpc) is 3.16. The molecule has 3 aromatic rings. The summed E-state index contributed by atoms with van der Waals surface area (Å²) in [5.74, 6) is -0.627. The standard InChI is InChI=1S/C17H17ClFN7O4S/c1-31(29,30)26-13-7-9(18)6-10(14(13)19)15-11(8-23-25-15)12-2-3-20-16(24-12)21-4-5-22-17(27)28/h2-3,6-8,22,26H,4-5H2,1H3,(H,23,25)(H,27,28)(H,20,21,24). The van der Waals surface area contributed by atoms with E-state index in [1.165, 1.54) is 18.5 Å². The zero-order valence-corrected chi connectivity index (χ0v) is 17.6. The Labute approximate surface area is 181 Å². The molecule has 2 heterocycles. The number of amides is 1. The minimum Gasteiger partial charge on any atom is -0.465 e. The molecule has 2 aromatic heterocycles. The molecule has 0 spiro atoms. The van der Waals surface area contributed by atoms with E-state index >= 15 is 4.39 Å². The predicted molar refractivity (Wildman–Crippen MR) is 113 cm³/mol. The maximum atomic E-state index is 15.1. The molecule has 1 aromatic carbocycles. The Kier molecular flexibility index (Phi) is 6.56. The second kappa shape index (κ2) is 9.14. The molecule has 0 saturated heterocycles. The van der Waals surface area contributed by atoms with Gasteiger partial charge >= 0.3 is 6.09 Å². The number of carbonyl (C=O) groups is 1. The molecule has 0 unspecified atom stereocenters. The van der Waals surface area contributed by atoms with Crippen molar-refractivity contribution in [2.75, 3.05) is 29.4 Å². The molecule has 31 heavy (non-hydrogen) atoms. The minimum absolute atomic E-state index is 0.0336. The van der Waals surface area contributed by atoms with Gasteiger partial charge in [0, 0.05) is 41.6 Å². The molecule has 0 aliphatic heterocycles. The Morgan fingerprint density at radius 1 is 1.29 bits per heavy atom. The first-order valence-corrected chi connectivity index (χ1v) is 11.0. The fourth-order valence-corrected chi connectivity index (χ4v) is 3.43. The van der Waals surface area contributed by atoms with Crippen LogP contribution in [0.4, 0.5) is 20.8 Å². The number of sulfonamides is 1.